The Morgan fingerprint density at radius 1 is 1.19 bits per heavy atom. The number of anilines is 1. The second-order valence-electron chi connectivity index (χ2n) is 4.74. The molecular formula is C16H14N2O3. The summed E-state index contributed by atoms with van der Waals surface area (Å²) in [4.78, 5) is 29.9. The Kier molecular flexibility index (Phi) is 3.39. The van der Waals surface area contributed by atoms with Crippen molar-refractivity contribution in [2.45, 2.75) is 6.42 Å². The van der Waals surface area contributed by atoms with Gasteiger partial charge in [-0.3, -0.25) is 14.6 Å². The van der Waals surface area contributed by atoms with Crippen molar-refractivity contribution >= 4 is 17.4 Å². The van der Waals surface area contributed by atoms with Crippen molar-refractivity contribution in [3.05, 3.63) is 53.9 Å². The van der Waals surface area contributed by atoms with E-state index in [4.69, 9.17) is 4.74 Å². The molecule has 0 N–H and O–H groups in total. The molecule has 0 saturated carbocycles. The van der Waals surface area contributed by atoms with E-state index >= 15 is 0 Å². The van der Waals surface area contributed by atoms with Crippen LogP contribution in [0.4, 0.5) is 5.69 Å². The highest BCUT2D eigenvalue weighted by atomic mass is 16.5. The first kappa shape index (κ1) is 13.3. The third kappa shape index (κ3) is 2.38. The van der Waals surface area contributed by atoms with Gasteiger partial charge in [-0.25, -0.2) is 0 Å². The Bertz CT molecular complexity index is 698. The van der Waals surface area contributed by atoms with E-state index in [0.29, 0.717) is 30.0 Å². The molecule has 0 bridgehead atoms. The van der Waals surface area contributed by atoms with Crippen LogP contribution in [0.5, 0.6) is 5.75 Å². The highest BCUT2D eigenvalue weighted by molar-refractivity contribution is 6.52. The minimum absolute atomic E-state index is 0.403. The van der Waals surface area contributed by atoms with Crippen LogP contribution in [0.3, 0.4) is 0 Å². The second-order valence-corrected chi connectivity index (χ2v) is 4.74. The summed E-state index contributed by atoms with van der Waals surface area (Å²) < 4.78 is 5.10. The number of pyridine rings is 1. The van der Waals surface area contributed by atoms with Crippen molar-refractivity contribution in [1.29, 1.82) is 0 Å². The van der Waals surface area contributed by atoms with E-state index in [1.807, 2.05) is 18.2 Å². The zero-order valence-electron chi connectivity index (χ0n) is 11.6. The molecule has 5 nitrogen and oxygen atoms in total. The maximum Gasteiger partial charge on any atom is 0.299 e. The quantitative estimate of drug-likeness (QED) is 0.803. The molecule has 106 valence electrons. The second kappa shape index (κ2) is 5.36. The van der Waals surface area contributed by atoms with Crippen LogP contribution in [0, 0.1) is 0 Å². The van der Waals surface area contributed by atoms with Crippen molar-refractivity contribution in [2.24, 2.45) is 0 Å². The summed E-state index contributed by atoms with van der Waals surface area (Å²) in [6.45, 7) is 0.431. The third-order valence-corrected chi connectivity index (χ3v) is 3.50. The topological polar surface area (TPSA) is 59.5 Å². The summed E-state index contributed by atoms with van der Waals surface area (Å²) in [6.07, 6.45) is 2.32. The number of ether oxygens (including phenoxy) is 1. The van der Waals surface area contributed by atoms with Crippen molar-refractivity contribution in [1.82, 2.24) is 4.98 Å². The fourth-order valence-electron chi connectivity index (χ4n) is 2.40. The standard InChI is InChI=1S/C16H14N2O3/c1-21-12-5-6-14-13(10-12)15(19)16(20)18(14)9-7-11-4-2-3-8-17-11/h2-6,8,10H,7,9H2,1H3. The molecule has 2 aromatic rings. The van der Waals surface area contributed by atoms with Crippen molar-refractivity contribution in [3.63, 3.8) is 0 Å². The van der Waals surface area contributed by atoms with Crippen molar-refractivity contribution in [3.8, 4) is 5.75 Å². The molecule has 1 aromatic heterocycles. The average molecular weight is 282 g/mol. The fraction of sp³-hybridized carbons (Fsp3) is 0.188. The lowest BCUT2D eigenvalue weighted by molar-refractivity contribution is -0.114. The number of hydrogen-bond donors (Lipinski definition) is 0. The minimum Gasteiger partial charge on any atom is -0.497 e. The van der Waals surface area contributed by atoms with Gasteiger partial charge in [0.05, 0.1) is 18.4 Å². The largest absolute Gasteiger partial charge is 0.497 e. The molecule has 2 heterocycles. The number of hydrogen-bond acceptors (Lipinski definition) is 4. The number of fused-ring (bicyclic) bond motifs is 1. The number of methoxy groups -OCH3 is 1. The fourth-order valence-corrected chi connectivity index (χ4v) is 2.40. The lowest BCUT2D eigenvalue weighted by Crippen LogP contribution is -2.31. The number of aromatic nitrogens is 1. The van der Waals surface area contributed by atoms with Gasteiger partial charge < -0.3 is 9.64 Å². The van der Waals surface area contributed by atoms with Gasteiger partial charge in [0.25, 0.3) is 11.7 Å². The first-order valence-corrected chi connectivity index (χ1v) is 6.65. The molecule has 3 rings (SSSR count). The maximum absolute atomic E-state index is 12.1. The molecule has 0 atom stereocenters. The monoisotopic (exact) mass is 282 g/mol. The molecule has 0 radical (unpaired) electrons. The number of benzene rings is 1. The highest BCUT2D eigenvalue weighted by Gasteiger charge is 2.35. The van der Waals surface area contributed by atoms with Crippen molar-refractivity contribution in [2.75, 3.05) is 18.6 Å². The predicted molar refractivity (Wildman–Crippen MR) is 77.6 cm³/mol. The Hall–Kier alpha value is -2.69. The minimum atomic E-state index is -0.491. The summed E-state index contributed by atoms with van der Waals surface area (Å²) in [5, 5.41) is 0. The smallest absolute Gasteiger partial charge is 0.299 e. The molecule has 0 aliphatic carbocycles. The van der Waals surface area contributed by atoms with E-state index in [0.717, 1.165) is 5.69 Å². The Morgan fingerprint density at radius 2 is 2.05 bits per heavy atom. The molecule has 1 aliphatic rings. The zero-order chi connectivity index (χ0) is 14.8. The zero-order valence-corrected chi connectivity index (χ0v) is 11.6. The van der Waals surface area contributed by atoms with E-state index in [2.05, 4.69) is 4.98 Å². The lowest BCUT2D eigenvalue weighted by atomic mass is 10.1. The average Bonchev–Trinajstić information content (AvgIpc) is 2.77. The number of rotatable bonds is 4. The van der Waals surface area contributed by atoms with Gasteiger partial charge in [-0.05, 0) is 30.3 Å². The van der Waals surface area contributed by atoms with Crippen LogP contribution in [0.1, 0.15) is 16.1 Å². The lowest BCUT2D eigenvalue weighted by Gasteiger charge is -2.16. The number of nitrogens with zero attached hydrogens (tertiary/aromatic N) is 2. The van der Waals surface area contributed by atoms with E-state index in [9.17, 15) is 9.59 Å². The van der Waals surface area contributed by atoms with Crippen LogP contribution in [-0.2, 0) is 11.2 Å². The summed E-state index contributed by atoms with van der Waals surface area (Å²) in [5.41, 5.74) is 1.93. The van der Waals surface area contributed by atoms with Gasteiger partial charge in [0.2, 0.25) is 0 Å². The Labute approximate surface area is 122 Å². The van der Waals surface area contributed by atoms with Gasteiger partial charge in [0.1, 0.15) is 5.75 Å². The molecule has 0 unspecified atom stereocenters. The van der Waals surface area contributed by atoms with Gasteiger partial charge in [-0.15, -0.1) is 0 Å². The normalized spacial score (nSPS) is 13.5. The number of carbonyl (C=O) groups is 2. The molecule has 0 spiro atoms. The SMILES string of the molecule is COc1ccc2c(c1)C(=O)C(=O)N2CCc1ccccn1. The number of Topliss-reactive ketones (excluding diaryl/α,β-unsaturated/α-hetero) is 1. The molecule has 1 amide bonds. The number of amides is 1. The van der Waals surface area contributed by atoms with E-state index in [-0.39, 0.29) is 0 Å². The molecule has 21 heavy (non-hydrogen) atoms. The Balaban J connectivity index is 1.84. The van der Waals surface area contributed by atoms with Crippen LogP contribution >= 0.6 is 0 Å². The van der Waals surface area contributed by atoms with E-state index < -0.39 is 11.7 Å². The molecule has 1 aliphatic heterocycles. The molecular weight excluding hydrogens is 268 g/mol. The van der Waals surface area contributed by atoms with Gasteiger partial charge in [0, 0.05) is 24.9 Å². The van der Waals surface area contributed by atoms with Crippen molar-refractivity contribution < 1.29 is 14.3 Å². The number of ketones is 1. The summed E-state index contributed by atoms with van der Waals surface area (Å²) >= 11 is 0. The highest BCUT2D eigenvalue weighted by Crippen LogP contribution is 2.31. The van der Waals surface area contributed by atoms with E-state index in [1.165, 1.54) is 12.0 Å². The molecule has 1 aromatic carbocycles. The van der Waals surface area contributed by atoms with Crippen LogP contribution in [0.15, 0.2) is 42.6 Å². The predicted octanol–water partition coefficient (Wildman–Crippen LogP) is 1.86. The van der Waals surface area contributed by atoms with Crippen LogP contribution in [0.2, 0.25) is 0 Å². The van der Waals surface area contributed by atoms with Gasteiger partial charge >= 0.3 is 0 Å². The first-order valence-electron chi connectivity index (χ1n) is 6.65. The van der Waals surface area contributed by atoms with Gasteiger partial charge in [0.15, 0.2) is 0 Å². The molecule has 0 fully saturated rings. The van der Waals surface area contributed by atoms with Crippen LogP contribution in [0.25, 0.3) is 0 Å². The third-order valence-electron chi connectivity index (χ3n) is 3.50. The van der Waals surface area contributed by atoms with Gasteiger partial charge in [-0.1, -0.05) is 6.07 Å². The first-order chi connectivity index (χ1) is 10.2. The Morgan fingerprint density at radius 3 is 2.76 bits per heavy atom. The maximum atomic E-state index is 12.1. The van der Waals surface area contributed by atoms with Gasteiger partial charge in [-0.2, -0.15) is 0 Å². The summed E-state index contributed by atoms with van der Waals surface area (Å²) in [5.74, 6) is -0.402. The molecule has 5 heteroatoms. The van der Waals surface area contributed by atoms with Crippen LogP contribution < -0.4 is 9.64 Å². The summed E-state index contributed by atoms with van der Waals surface area (Å²) in [6, 6.07) is 10.7. The van der Waals surface area contributed by atoms with E-state index in [1.54, 1.807) is 24.4 Å². The summed E-state index contributed by atoms with van der Waals surface area (Å²) in [7, 11) is 1.53. The number of carbonyl (C=O) groups excluding carboxylic acids is 2. The molecule has 0 saturated heterocycles. The van der Waals surface area contributed by atoms with Crippen LogP contribution in [-0.4, -0.2) is 30.3 Å².